The average Bonchev–Trinajstić information content (AvgIpc) is 2.90. The fourth-order valence-corrected chi connectivity index (χ4v) is 2.58. The molecule has 0 saturated carbocycles. The molecule has 2 N–H and O–H groups in total. The maximum atomic E-state index is 10.1. The number of hydrogen-bond acceptors (Lipinski definition) is 3. The van der Waals surface area contributed by atoms with Gasteiger partial charge in [0.15, 0.2) is 0 Å². The molecule has 0 spiro atoms. The van der Waals surface area contributed by atoms with E-state index >= 15 is 0 Å². The summed E-state index contributed by atoms with van der Waals surface area (Å²) < 4.78 is 0. The van der Waals surface area contributed by atoms with Gasteiger partial charge in [-0.2, -0.15) is 11.3 Å². The lowest BCUT2D eigenvalue weighted by Crippen LogP contribution is -2.27. The van der Waals surface area contributed by atoms with E-state index in [-0.39, 0.29) is 0 Å². The summed E-state index contributed by atoms with van der Waals surface area (Å²) in [5, 5.41) is 17.8. The number of aliphatic hydroxyl groups excluding tert-OH is 1. The van der Waals surface area contributed by atoms with Gasteiger partial charge in [-0.25, -0.2) is 0 Å². The predicted octanol–water partition coefficient (Wildman–Crippen LogP) is 3.35. The summed E-state index contributed by atoms with van der Waals surface area (Å²) >= 11 is 1.71. The zero-order valence-electron chi connectivity index (χ0n) is 10.5. The van der Waals surface area contributed by atoms with Gasteiger partial charge in [0, 0.05) is 12.6 Å². The van der Waals surface area contributed by atoms with Crippen LogP contribution in [0.5, 0.6) is 0 Å². The quantitative estimate of drug-likeness (QED) is 0.836. The first-order chi connectivity index (χ1) is 8.75. The first-order valence-electron chi connectivity index (χ1n) is 6.23. The van der Waals surface area contributed by atoms with E-state index in [2.05, 4.69) is 29.1 Å². The molecular formula is C15H19NOS. The number of nitrogens with one attached hydrogen (secondary N) is 1. The van der Waals surface area contributed by atoms with Crippen molar-refractivity contribution in [1.82, 2.24) is 5.32 Å². The van der Waals surface area contributed by atoms with Crippen LogP contribution in [-0.2, 0) is 6.54 Å². The molecule has 0 aliphatic rings. The maximum Gasteiger partial charge on any atom is 0.0804 e. The van der Waals surface area contributed by atoms with Crippen molar-refractivity contribution in [2.45, 2.75) is 32.0 Å². The molecule has 0 fully saturated rings. The largest absolute Gasteiger partial charge is 0.388 e. The van der Waals surface area contributed by atoms with Crippen LogP contribution >= 0.6 is 11.3 Å². The minimum absolute atomic E-state index is 0.292. The van der Waals surface area contributed by atoms with Gasteiger partial charge in [0.05, 0.1) is 6.10 Å². The first-order valence-corrected chi connectivity index (χ1v) is 7.17. The van der Waals surface area contributed by atoms with E-state index in [0.717, 1.165) is 18.5 Å². The molecule has 96 valence electrons. The lowest BCUT2D eigenvalue weighted by atomic mass is 10.0. The fraction of sp³-hybridized carbons (Fsp3) is 0.333. The molecule has 1 heterocycles. The minimum atomic E-state index is -0.392. The summed E-state index contributed by atoms with van der Waals surface area (Å²) in [7, 11) is 0. The average molecular weight is 261 g/mol. The molecule has 2 rings (SSSR count). The van der Waals surface area contributed by atoms with Crippen LogP contribution in [0.3, 0.4) is 0 Å². The van der Waals surface area contributed by atoms with Gasteiger partial charge in [-0.05, 0) is 41.3 Å². The Hall–Kier alpha value is -1.16. The van der Waals surface area contributed by atoms with Gasteiger partial charge < -0.3 is 10.4 Å². The monoisotopic (exact) mass is 261 g/mol. The Kier molecular flexibility index (Phi) is 4.93. The third kappa shape index (κ3) is 3.95. The van der Waals surface area contributed by atoms with Crippen molar-refractivity contribution in [2.75, 3.05) is 0 Å². The molecule has 1 aromatic carbocycles. The van der Waals surface area contributed by atoms with Gasteiger partial charge in [0.1, 0.15) is 0 Å². The molecule has 2 nitrogen and oxygen atoms in total. The zero-order valence-corrected chi connectivity index (χ0v) is 11.4. The van der Waals surface area contributed by atoms with Crippen LogP contribution in [0.15, 0.2) is 47.2 Å². The Morgan fingerprint density at radius 3 is 2.67 bits per heavy atom. The smallest absolute Gasteiger partial charge is 0.0804 e. The highest BCUT2D eigenvalue weighted by Gasteiger charge is 2.11. The predicted molar refractivity (Wildman–Crippen MR) is 76.6 cm³/mol. The van der Waals surface area contributed by atoms with Crippen molar-refractivity contribution < 1.29 is 5.11 Å². The minimum Gasteiger partial charge on any atom is -0.388 e. The van der Waals surface area contributed by atoms with E-state index < -0.39 is 6.10 Å². The molecular weight excluding hydrogens is 242 g/mol. The summed E-state index contributed by atoms with van der Waals surface area (Å²) in [4.78, 5) is 0. The molecule has 0 amide bonds. The van der Waals surface area contributed by atoms with E-state index in [1.807, 2.05) is 30.3 Å². The summed E-state index contributed by atoms with van der Waals surface area (Å²) in [6.07, 6.45) is 0.338. The highest BCUT2D eigenvalue weighted by molar-refractivity contribution is 7.07. The molecule has 3 heteroatoms. The molecule has 0 bridgehead atoms. The van der Waals surface area contributed by atoms with E-state index in [4.69, 9.17) is 0 Å². The second-order valence-corrected chi connectivity index (χ2v) is 5.36. The van der Waals surface area contributed by atoms with Crippen molar-refractivity contribution in [1.29, 1.82) is 0 Å². The molecule has 2 atom stereocenters. The van der Waals surface area contributed by atoms with Crippen molar-refractivity contribution >= 4 is 11.3 Å². The first kappa shape index (κ1) is 13.3. The van der Waals surface area contributed by atoms with Crippen LogP contribution in [0, 0.1) is 0 Å². The molecule has 1 aromatic heterocycles. The Bertz CT molecular complexity index is 441. The summed E-state index contributed by atoms with van der Waals surface area (Å²) in [5.74, 6) is 0. The van der Waals surface area contributed by atoms with E-state index in [1.165, 1.54) is 5.56 Å². The number of aliphatic hydroxyl groups is 1. The molecule has 2 aromatic rings. The third-order valence-electron chi connectivity index (χ3n) is 3.00. The second-order valence-electron chi connectivity index (χ2n) is 4.58. The van der Waals surface area contributed by atoms with Crippen molar-refractivity contribution in [3.63, 3.8) is 0 Å². The Morgan fingerprint density at radius 1 is 1.22 bits per heavy atom. The standard InChI is InChI=1S/C15H19NOS/c1-12(16-10-13-7-8-18-11-13)9-15(17)14-5-3-2-4-6-14/h2-8,11-12,15-17H,9-10H2,1H3/t12-,15+/m0/s1. The lowest BCUT2D eigenvalue weighted by molar-refractivity contribution is 0.154. The second kappa shape index (κ2) is 6.69. The van der Waals surface area contributed by atoms with Gasteiger partial charge in [0.25, 0.3) is 0 Å². The Labute approximate surface area is 112 Å². The molecule has 18 heavy (non-hydrogen) atoms. The number of thiophene rings is 1. The molecule has 0 aliphatic heterocycles. The lowest BCUT2D eigenvalue weighted by Gasteiger charge is -2.18. The van der Waals surface area contributed by atoms with Crippen LogP contribution < -0.4 is 5.32 Å². The SMILES string of the molecule is C[C@@H](C[C@@H](O)c1ccccc1)NCc1ccsc1. The Balaban J connectivity index is 1.78. The Morgan fingerprint density at radius 2 is 2.00 bits per heavy atom. The third-order valence-corrected chi connectivity index (χ3v) is 3.73. The van der Waals surface area contributed by atoms with Crippen molar-refractivity contribution in [2.24, 2.45) is 0 Å². The summed E-state index contributed by atoms with van der Waals surface area (Å²) in [6.45, 7) is 2.98. The number of rotatable bonds is 6. The van der Waals surface area contributed by atoms with Crippen LogP contribution in [0.4, 0.5) is 0 Å². The molecule has 0 radical (unpaired) electrons. The topological polar surface area (TPSA) is 32.3 Å². The van der Waals surface area contributed by atoms with Crippen LogP contribution in [-0.4, -0.2) is 11.1 Å². The molecule has 0 unspecified atom stereocenters. The van der Waals surface area contributed by atoms with Gasteiger partial charge in [-0.1, -0.05) is 30.3 Å². The van der Waals surface area contributed by atoms with Crippen LogP contribution in [0.1, 0.15) is 30.6 Å². The van der Waals surface area contributed by atoms with Gasteiger partial charge in [-0.3, -0.25) is 0 Å². The van der Waals surface area contributed by atoms with Crippen LogP contribution in [0.25, 0.3) is 0 Å². The van der Waals surface area contributed by atoms with Crippen molar-refractivity contribution in [3.05, 3.63) is 58.3 Å². The highest BCUT2D eigenvalue weighted by atomic mass is 32.1. The molecule has 0 aliphatic carbocycles. The number of hydrogen-bond donors (Lipinski definition) is 2. The van der Waals surface area contributed by atoms with Crippen molar-refractivity contribution in [3.8, 4) is 0 Å². The number of benzene rings is 1. The van der Waals surface area contributed by atoms with Gasteiger partial charge in [-0.15, -0.1) is 0 Å². The van der Waals surface area contributed by atoms with Crippen LogP contribution in [0.2, 0.25) is 0 Å². The van der Waals surface area contributed by atoms with E-state index in [0.29, 0.717) is 6.04 Å². The summed E-state index contributed by atoms with van der Waals surface area (Å²) in [5.41, 5.74) is 2.29. The zero-order chi connectivity index (χ0) is 12.8. The van der Waals surface area contributed by atoms with Gasteiger partial charge in [0.2, 0.25) is 0 Å². The summed E-state index contributed by atoms with van der Waals surface area (Å²) in [6, 6.07) is 12.2. The maximum absolute atomic E-state index is 10.1. The van der Waals surface area contributed by atoms with E-state index in [9.17, 15) is 5.11 Å². The normalized spacial score (nSPS) is 14.3. The van der Waals surface area contributed by atoms with Gasteiger partial charge >= 0.3 is 0 Å². The van der Waals surface area contributed by atoms with E-state index in [1.54, 1.807) is 11.3 Å². The highest BCUT2D eigenvalue weighted by Crippen LogP contribution is 2.18. The fourth-order valence-electron chi connectivity index (χ4n) is 1.91. The molecule has 0 saturated heterocycles.